The molecule has 2 heterocycles. The van der Waals surface area contributed by atoms with E-state index < -0.39 is 14.2 Å². The molecule has 10 heteroatoms. The molecule has 0 unspecified atom stereocenters. The van der Waals surface area contributed by atoms with Gasteiger partial charge in [-0.3, -0.25) is 4.79 Å². The van der Waals surface area contributed by atoms with Crippen molar-refractivity contribution in [3.63, 3.8) is 0 Å². The summed E-state index contributed by atoms with van der Waals surface area (Å²) >= 11 is 0. The smallest absolute Gasteiger partial charge is 0.423 e. The topological polar surface area (TPSA) is 118 Å². The van der Waals surface area contributed by atoms with E-state index in [1.165, 1.54) is 0 Å². The monoisotopic (exact) mass is 523 g/mol. The highest BCUT2D eigenvalue weighted by Crippen LogP contribution is 2.18. The van der Waals surface area contributed by atoms with E-state index in [1.807, 2.05) is 64.1 Å². The third kappa shape index (κ3) is 7.49. The second-order valence-corrected chi connectivity index (χ2v) is 9.49. The molecule has 4 aromatic rings. The predicted octanol–water partition coefficient (Wildman–Crippen LogP) is -0.423. The first-order chi connectivity index (χ1) is 18.7. The van der Waals surface area contributed by atoms with Crippen LogP contribution in [0.1, 0.15) is 23.7 Å². The van der Waals surface area contributed by atoms with Crippen LogP contribution in [0.15, 0.2) is 104 Å². The maximum atomic E-state index is 12.2. The number of benzene rings is 2. The molecule has 0 aliphatic carbocycles. The summed E-state index contributed by atoms with van der Waals surface area (Å²) in [6.07, 6.45) is 5.88. The van der Waals surface area contributed by atoms with Crippen LogP contribution in [0.3, 0.4) is 0 Å². The molecule has 39 heavy (non-hydrogen) atoms. The minimum absolute atomic E-state index is 0.226. The van der Waals surface area contributed by atoms with Gasteiger partial charge in [-0.15, -0.1) is 0 Å². The van der Waals surface area contributed by atoms with Gasteiger partial charge in [-0.2, -0.15) is 4.57 Å². The largest absolute Gasteiger partial charge is 0.488 e. The van der Waals surface area contributed by atoms with E-state index in [1.54, 1.807) is 43.3 Å². The molecule has 0 radical (unpaired) electrons. The molecule has 0 aliphatic rings. The lowest BCUT2D eigenvalue weighted by molar-refractivity contribution is -0.695. The van der Waals surface area contributed by atoms with Crippen LogP contribution in [-0.2, 0) is 24.4 Å². The Balaban J connectivity index is 1.58. The number of aromatic nitrogens is 2. The molecule has 0 aliphatic heterocycles. The van der Waals surface area contributed by atoms with Gasteiger partial charge < -0.3 is 25.4 Å². The molecule has 196 valence electrons. The second kappa shape index (κ2) is 12.6. The number of carbonyl (C=O) groups excluding carboxylic acids is 1. The first-order valence-corrected chi connectivity index (χ1v) is 12.5. The van der Waals surface area contributed by atoms with Gasteiger partial charge in [0.05, 0.1) is 0 Å². The highest BCUT2D eigenvalue weighted by Gasteiger charge is 2.18. The van der Waals surface area contributed by atoms with E-state index in [2.05, 4.69) is 11.9 Å². The van der Waals surface area contributed by atoms with Gasteiger partial charge in [0.1, 0.15) is 6.54 Å². The van der Waals surface area contributed by atoms with Crippen LogP contribution in [0, 0.1) is 0 Å². The van der Waals surface area contributed by atoms with E-state index in [4.69, 9.17) is 0 Å². The molecule has 0 atom stereocenters. The molecule has 5 N–H and O–H groups in total. The van der Waals surface area contributed by atoms with Gasteiger partial charge >= 0.3 is 14.2 Å². The summed E-state index contributed by atoms with van der Waals surface area (Å²) in [5, 5.41) is 40.8. The summed E-state index contributed by atoms with van der Waals surface area (Å²) in [6.45, 7) is 6.72. The Labute approximate surface area is 228 Å². The Bertz CT molecular complexity index is 1480. The van der Waals surface area contributed by atoms with E-state index in [0.717, 1.165) is 27.9 Å². The van der Waals surface area contributed by atoms with Crippen molar-refractivity contribution in [3.05, 3.63) is 120 Å². The minimum atomic E-state index is -1.54. The molecule has 1 amide bonds. The van der Waals surface area contributed by atoms with E-state index in [-0.39, 0.29) is 5.91 Å². The van der Waals surface area contributed by atoms with Crippen LogP contribution in [-0.4, -0.2) is 40.2 Å². The minimum Gasteiger partial charge on any atom is -0.423 e. The molecule has 0 saturated heterocycles. The molecule has 8 nitrogen and oxygen atoms in total. The summed E-state index contributed by atoms with van der Waals surface area (Å²) in [6, 6.07) is 22.3. The number of rotatable bonds is 10. The fourth-order valence-electron chi connectivity index (χ4n) is 4.25. The van der Waals surface area contributed by atoms with Crippen LogP contribution < -0.4 is 25.4 Å². The van der Waals surface area contributed by atoms with Gasteiger partial charge in [0.25, 0.3) is 0 Å². The van der Waals surface area contributed by atoms with Crippen LogP contribution >= 0.6 is 0 Å². The maximum Gasteiger partial charge on any atom is 0.488 e. The molecular weight excluding hydrogens is 492 g/mol. The van der Waals surface area contributed by atoms with Crippen molar-refractivity contribution in [3.8, 4) is 11.1 Å². The van der Waals surface area contributed by atoms with Crippen molar-refractivity contribution in [2.45, 2.75) is 26.6 Å². The van der Waals surface area contributed by atoms with Crippen LogP contribution in [0.5, 0.6) is 0 Å². The summed E-state index contributed by atoms with van der Waals surface area (Å²) in [7, 11) is -3.05. The van der Waals surface area contributed by atoms with Gasteiger partial charge in [-0.25, -0.2) is 4.57 Å². The number of hydrogen-bond donors (Lipinski definition) is 5. The first kappa shape index (κ1) is 27.9. The molecule has 2 aromatic heterocycles. The van der Waals surface area contributed by atoms with Gasteiger partial charge in [0, 0.05) is 41.0 Å². The van der Waals surface area contributed by atoms with Crippen molar-refractivity contribution in [1.29, 1.82) is 0 Å². The van der Waals surface area contributed by atoms with Gasteiger partial charge in [0.2, 0.25) is 11.6 Å². The van der Waals surface area contributed by atoms with Crippen molar-refractivity contribution in [2.24, 2.45) is 0 Å². The first-order valence-electron chi connectivity index (χ1n) is 12.5. The zero-order valence-electron chi connectivity index (χ0n) is 21.7. The number of carbonyl (C=O) groups is 1. The molecular formula is C29H31B2N3O5+2. The van der Waals surface area contributed by atoms with E-state index >= 15 is 0 Å². The third-order valence-corrected chi connectivity index (χ3v) is 6.38. The Morgan fingerprint density at radius 3 is 1.92 bits per heavy atom. The molecule has 0 saturated carbocycles. The predicted molar refractivity (Wildman–Crippen MR) is 150 cm³/mol. The average Bonchev–Trinajstić information content (AvgIpc) is 2.93. The summed E-state index contributed by atoms with van der Waals surface area (Å²) < 4.78 is 4.02. The van der Waals surface area contributed by atoms with Crippen LogP contribution in [0.4, 0.5) is 0 Å². The number of nitrogens with zero attached hydrogens (tertiary/aromatic N) is 2. The highest BCUT2D eigenvalue weighted by atomic mass is 16.4. The highest BCUT2D eigenvalue weighted by molar-refractivity contribution is 6.58. The summed E-state index contributed by atoms with van der Waals surface area (Å²) in [4.78, 5) is 12.2. The SMILES string of the molecule is C=C(C)C(=O)NCc1cc(-c2cc[n+](Cc3cccc(B(O)O)c3)cc2)cc[n+]1Cc1cccc(B(O)O)c1. The Morgan fingerprint density at radius 1 is 0.795 bits per heavy atom. The Hall–Kier alpha value is -4.08. The molecule has 0 spiro atoms. The molecule has 2 aromatic carbocycles. The molecule has 0 fully saturated rings. The van der Waals surface area contributed by atoms with Crippen molar-refractivity contribution in [2.75, 3.05) is 0 Å². The van der Waals surface area contributed by atoms with Crippen LogP contribution in [0.25, 0.3) is 11.1 Å². The summed E-state index contributed by atoms with van der Waals surface area (Å²) in [5.74, 6) is -0.226. The lowest BCUT2D eigenvalue weighted by atomic mass is 9.79. The lowest BCUT2D eigenvalue weighted by Crippen LogP contribution is -2.42. The zero-order valence-corrected chi connectivity index (χ0v) is 21.7. The van der Waals surface area contributed by atoms with Crippen LogP contribution in [0.2, 0.25) is 0 Å². The van der Waals surface area contributed by atoms with Gasteiger partial charge in [-0.1, -0.05) is 55.1 Å². The number of amides is 1. The van der Waals surface area contributed by atoms with E-state index in [0.29, 0.717) is 36.1 Å². The molecule has 4 rings (SSSR count). The number of nitrogens with one attached hydrogen (secondary N) is 1. The standard InChI is InChI=1S/C29H30B2N3O5/c1-21(2)29(35)32-18-28-17-25(11-14-34(28)20-23-6-4-8-27(16-23)31(38)39)24-9-12-33(13-10-24)19-22-5-3-7-26(15-22)30(36)37/h3-17,36-39H,1,18-20H2,2H3/q+1/p+1. The summed E-state index contributed by atoms with van der Waals surface area (Å²) in [5.41, 5.74) is 5.98. The second-order valence-electron chi connectivity index (χ2n) is 9.49. The fraction of sp³-hybridized carbons (Fsp3) is 0.138. The van der Waals surface area contributed by atoms with E-state index in [9.17, 15) is 24.9 Å². The number of pyridine rings is 2. The maximum absolute atomic E-state index is 12.2. The quantitative estimate of drug-likeness (QED) is 0.110. The van der Waals surface area contributed by atoms with Crippen molar-refractivity contribution in [1.82, 2.24) is 5.32 Å². The molecule has 0 bridgehead atoms. The normalized spacial score (nSPS) is 10.7. The fourth-order valence-corrected chi connectivity index (χ4v) is 4.25. The Morgan fingerprint density at radius 2 is 1.36 bits per heavy atom. The van der Waals surface area contributed by atoms with Gasteiger partial charge in [0.15, 0.2) is 31.7 Å². The number of hydrogen-bond acceptors (Lipinski definition) is 5. The lowest BCUT2D eigenvalue weighted by Gasteiger charge is -2.10. The Kier molecular flexibility index (Phi) is 9.06. The average molecular weight is 523 g/mol. The van der Waals surface area contributed by atoms with Crippen molar-refractivity contribution >= 4 is 31.1 Å². The van der Waals surface area contributed by atoms with Gasteiger partial charge in [-0.05, 0) is 29.0 Å². The zero-order chi connectivity index (χ0) is 27.9. The van der Waals surface area contributed by atoms with Crippen molar-refractivity contribution < 1.29 is 34.0 Å². The third-order valence-electron chi connectivity index (χ3n) is 6.38.